The van der Waals surface area contributed by atoms with Crippen LogP contribution in [0.3, 0.4) is 0 Å². The third kappa shape index (κ3) is 6.49. The monoisotopic (exact) mass is 458 g/mol. The van der Waals surface area contributed by atoms with Crippen molar-refractivity contribution in [1.29, 1.82) is 0 Å². The summed E-state index contributed by atoms with van der Waals surface area (Å²) in [5.74, 6) is -0.552. The fourth-order valence-electron chi connectivity index (χ4n) is 2.69. The number of aldehydes is 1. The molecule has 0 spiro atoms. The molecule has 0 fully saturated rings. The molecule has 0 radical (unpaired) electrons. The van der Waals surface area contributed by atoms with Gasteiger partial charge in [0.25, 0.3) is 0 Å². The Morgan fingerprint density at radius 1 is 1.03 bits per heavy atom. The molecule has 0 bridgehead atoms. The number of ether oxygens (including phenoxy) is 1. The lowest BCUT2D eigenvalue weighted by molar-refractivity contribution is -0.152. The van der Waals surface area contributed by atoms with E-state index in [-0.39, 0.29) is 0 Å². The van der Waals surface area contributed by atoms with Crippen LogP contribution in [0, 0.1) is 0 Å². The first-order valence-electron chi connectivity index (χ1n) is 9.91. The minimum absolute atomic E-state index is 0.479. The molecular weight excluding hydrogens is 432 g/mol. The molecule has 0 unspecified atom stereocenters. The van der Waals surface area contributed by atoms with E-state index in [0.717, 1.165) is 33.6 Å². The highest BCUT2D eigenvalue weighted by Crippen LogP contribution is 2.43. The van der Waals surface area contributed by atoms with E-state index in [0.29, 0.717) is 16.3 Å². The lowest BCUT2D eigenvalue weighted by Crippen LogP contribution is -2.37. The van der Waals surface area contributed by atoms with Crippen LogP contribution in [0.25, 0.3) is 9.81 Å². The Labute approximate surface area is 193 Å². The summed E-state index contributed by atoms with van der Waals surface area (Å²) in [7, 11) is 0. The van der Waals surface area contributed by atoms with E-state index in [4.69, 9.17) is 16.3 Å². The van der Waals surface area contributed by atoms with E-state index in [1.165, 1.54) is 19.4 Å². The molecule has 2 aromatic rings. The number of carboxylic acids is 1. The molecule has 0 aliphatic carbocycles. The summed E-state index contributed by atoms with van der Waals surface area (Å²) in [6.07, 6.45) is 1.71. The fraction of sp³-hybridized carbons (Fsp3) is 0.280. The quantitative estimate of drug-likeness (QED) is 0.321. The third-order valence-corrected chi connectivity index (χ3v) is 6.57. The van der Waals surface area contributed by atoms with Crippen molar-refractivity contribution in [2.45, 2.75) is 46.6 Å². The van der Waals surface area contributed by atoms with E-state index in [1.54, 1.807) is 30.8 Å². The van der Waals surface area contributed by atoms with Crippen LogP contribution < -0.4 is 4.74 Å². The number of halogens is 1. The molecule has 6 heteroatoms. The number of rotatable bonds is 9. The van der Waals surface area contributed by atoms with Gasteiger partial charge in [-0.3, -0.25) is 4.79 Å². The average molecular weight is 459 g/mol. The maximum Gasteiger partial charge on any atom is 0.347 e. The SMILES string of the molecule is CCC(C)=C(S/C(=C(\C)C=O)c1ccc(Cl)cc1)c1ccc(OC(C)(C)C(=O)O)cc1. The fourth-order valence-corrected chi connectivity index (χ4v) is 4.06. The number of thioether (sulfide) groups is 1. The molecule has 0 aliphatic heterocycles. The lowest BCUT2D eigenvalue weighted by atomic mass is 10.1. The molecule has 1 N–H and O–H groups in total. The van der Waals surface area contributed by atoms with E-state index in [1.807, 2.05) is 36.4 Å². The first-order chi connectivity index (χ1) is 14.6. The molecule has 2 aromatic carbocycles. The zero-order valence-electron chi connectivity index (χ0n) is 18.4. The predicted molar refractivity (Wildman–Crippen MR) is 129 cm³/mol. The predicted octanol–water partition coefficient (Wildman–Crippen LogP) is 7.09. The standard InChI is InChI=1S/C25H27ClO4S/c1-6-16(2)22(19-9-13-21(14-10-19)30-25(4,5)24(28)29)31-23(17(3)15-27)18-7-11-20(26)12-8-18/h7-15H,6H2,1-5H3,(H,28,29)/b22-16?,23-17+. The molecule has 0 amide bonds. The Morgan fingerprint density at radius 3 is 2.03 bits per heavy atom. The summed E-state index contributed by atoms with van der Waals surface area (Å²) in [6, 6.07) is 14.8. The van der Waals surface area contributed by atoms with Gasteiger partial charge < -0.3 is 9.84 Å². The second-order valence-electron chi connectivity index (χ2n) is 7.64. The number of carbonyl (C=O) groups excluding carboxylic acids is 1. The van der Waals surface area contributed by atoms with E-state index in [9.17, 15) is 14.7 Å². The van der Waals surface area contributed by atoms with E-state index < -0.39 is 11.6 Å². The van der Waals surface area contributed by atoms with Crippen molar-refractivity contribution in [3.63, 3.8) is 0 Å². The second kappa shape index (κ2) is 10.7. The lowest BCUT2D eigenvalue weighted by Gasteiger charge is -2.22. The second-order valence-corrected chi connectivity index (χ2v) is 9.10. The van der Waals surface area contributed by atoms with Gasteiger partial charge in [0.05, 0.1) is 0 Å². The Morgan fingerprint density at radius 2 is 1.55 bits per heavy atom. The maximum absolute atomic E-state index is 11.6. The van der Waals surface area contributed by atoms with Gasteiger partial charge in [-0.05, 0) is 69.5 Å². The molecule has 2 rings (SSSR count). The molecule has 0 atom stereocenters. The van der Waals surface area contributed by atoms with Crippen LogP contribution >= 0.6 is 23.4 Å². The van der Waals surface area contributed by atoms with Crippen molar-refractivity contribution < 1.29 is 19.4 Å². The highest BCUT2D eigenvalue weighted by Gasteiger charge is 2.29. The van der Waals surface area contributed by atoms with Crippen molar-refractivity contribution in [2.75, 3.05) is 0 Å². The Hall–Kier alpha value is -2.50. The number of allylic oxidation sites excluding steroid dienone is 2. The van der Waals surface area contributed by atoms with E-state index >= 15 is 0 Å². The van der Waals surface area contributed by atoms with Gasteiger partial charge in [-0.25, -0.2) is 4.79 Å². The van der Waals surface area contributed by atoms with Crippen LogP contribution in [-0.4, -0.2) is 23.0 Å². The Kier molecular flexibility index (Phi) is 8.54. The molecular formula is C25H27ClO4S. The minimum atomic E-state index is -1.32. The number of hydrogen-bond acceptors (Lipinski definition) is 4. The molecule has 164 valence electrons. The Balaban J connectivity index is 2.43. The maximum atomic E-state index is 11.6. The van der Waals surface area contributed by atoms with Gasteiger partial charge in [0, 0.05) is 20.4 Å². The normalized spacial score (nSPS) is 13.2. The van der Waals surface area contributed by atoms with Gasteiger partial charge in [-0.15, -0.1) is 0 Å². The third-order valence-electron chi connectivity index (χ3n) is 4.77. The molecule has 0 saturated heterocycles. The topological polar surface area (TPSA) is 63.6 Å². The van der Waals surface area contributed by atoms with Crippen molar-refractivity contribution in [2.24, 2.45) is 0 Å². The van der Waals surface area contributed by atoms with Crippen LogP contribution in [0.5, 0.6) is 5.75 Å². The summed E-state index contributed by atoms with van der Waals surface area (Å²) in [5, 5.41) is 9.91. The first-order valence-corrected chi connectivity index (χ1v) is 11.1. The molecule has 0 aromatic heterocycles. The van der Waals surface area contributed by atoms with Gasteiger partial charge in [-0.2, -0.15) is 0 Å². The van der Waals surface area contributed by atoms with Gasteiger partial charge in [0.2, 0.25) is 0 Å². The van der Waals surface area contributed by atoms with Gasteiger partial charge >= 0.3 is 5.97 Å². The van der Waals surface area contributed by atoms with Crippen LogP contribution in [0.2, 0.25) is 5.02 Å². The summed E-state index contributed by atoms with van der Waals surface area (Å²) < 4.78 is 5.61. The van der Waals surface area contributed by atoms with Gasteiger partial charge in [0.15, 0.2) is 5.60 Å². The van der Waals surface area contributed by atoms with Crippen LogP contribution in [-0.2, 0) is 9.59 Å². The molecule has 0 heterocycles. The highest BCUT2D eigenvalue weighted by atomic mass is 35.5. The van der Waals surface area contributed by atoms with Gasteiger partial charge in [-0.1, -0.05) is 60.1 Å². The van der Waals surface area contributed by atoms with Crippen molar-refractivity contribution in [1.82, 2.24) is 0 Å². The molecule has 0 aliphatic rings. The van der Waals surface area contributed by atoms with Crippen LogP contribution in [0.4, 0.5) is 0 Å². The average Bonchev–Trinajstić information content (AvgIpc) is 2.75. The molecule has 4 nitrogen and oxygen atoms in total. The van der Waals surface area contributed by atoms with E-state index in [2.05, 4.69) is 13.8 Å². The van der Waals surface area contributed by atoms with Gasteiger partial charge in [0.1, 0.15) is 12.0 Å². The number of aliphatic carboxylic acids is 1. The Bertz CT molecular complexity index is 1000. The zero-order chi connectivity index (χ0) is 23.2. The minimum Gasteiger partial charge on any atom is -0.478 e. The van der Waals surface area contributed by atoms with Crippen molar-refractivity contribution in [3.05, 3.63) is 75.8 Å². The smallest absolute Gasteiger partial charge is 0.347 e. The molecule has 0 saturated carbocycles. The summed E-state index contributed by atoms with van der Waals surface area (Å²) in [6.45, 7) is 8.97. The zero-order valence-corrected chi connectivity index (χ0v) is 19.9. The number of carbonyl (C=O) groups is 2. The number of benzene rings is 2. The van der Waals surface area contributed by atoms with Crippen molar-refractivity contribution >= 4 is 45.4 Å². The first kappa shape index (κ1) is 24.8. The molecule has 31 heavy (non-hydrogen) atoms. The van der Waals surface area contributed by atoms with Crippen LogP contribution in [0.1, 0.15) is 52.2 Å². The summed E-state index contributed by atoms with van der Waals surface area (Å²) >= 11 is 7.58. The van der Waals surface area contributed by atoms with Crippen molar-refractivity contribution in [3.8, 4) is 5.75 Å². The summed E-state index contributed by atoms with van der Waals surface area (Å²) in [5.41, 5.74) is 2.38. The number of carboxylic acid groups (broad SMARTS) is 1. The summed E-state index contributed by atoms with van der Waals surface area (Å²) in [4.78, 5) is 24.8. The number of hydrogen-bond donors (Lipinski definition) is 1. The largest absolute Gasteiger partial charge is 0.478 e. The highest BCUT2D eigenvalue weighted by molar-refractivity contribution is 8.16. The van der Waals surface area contributed by atoms with Crippen LogP contribution in [0.15, 0.2) is 59.7 Å².